The molecule has 9 heteroatoms. The summed E-state index contributed by atoms with van der Waals surface area (Å²) in [5, 5.41) is 6.83. The van der Waals surface area contributed by atoms with E-state index in [1.807, 2.05) is 42.5 Å². The van der Waals surface area contributed by atoms with E-state index in [1.165, 1.54) is 0 Å². The highest BCUT2D eigenvalue weighted by molar-refractivity contribution is 5.81. The maximum absolute atomic E-state index is 12.2. The first-order valence-corrected chi connectivity index (χ1v) is 11.6. The fourth-order valence-electron chi connectivity index (χ4n) is 5.12. The van der Waals surface area contributed by atoms with Crippen molar-refractivity contribution in [1.82, 2.24) is 19.9 Å². The van der Waals surface area contributed by atoms with E-state index < -0.39 is 0 Å². The van der Waals surface area contributed by atoms with Crippen LogP contribution in [0.25, 0.3) is 11.4 Å². The van der Waals surface area contributed by atoms with Crippen molar-refractivity contribution < 1.29 is 9.53 Å². The Balaban J connectivity index is 1.23. The van der Waals surface area contributed by atoms with Crippen LogP contribution in [-0.4, -0.2) is 31.9 Å². The Morgan fingerprint density at radius 3 is 2.91 bits per heavy atom. The first-order chi connectivity index (χ1) is 17.1. The molecular weight excluding hydrogens is 442 g/mol. The number of primary amides is 1. The Labute approximate surface area is 202 Å². The highest BCUT2D eigenvalue weighted by Crippen LogP contribution is 2.45. The second-order valence-corrected chi connectivity index (χ2v) is 8.99. The van der Waals surface area contributed by atoms with Gasteiger partial charge < -0.3 is 26.1 Å². The van der Waals surface area contributed by atoms with Gasteiger partial charge in [0.25, 0.3) is 0 Å². The van der Waals surface area contributed by atoms with E-state index in [0.717, 1.165) is 29.0 Å². The molecule has 176 valence electrons. The number of nitrogens with zero attached hydrogens (tertiary/aromatic N) is 3. The van der Waals surface area contributed by atoms with Gasteiger partial charge in [0.2, 0.25) is 11.9 Å². The molecule has 2 aromatic rings. The number of hydrogen-bond donors (Lipinski definition) is 4. The van der Waals surface area contributed by atoms with Crippen LogP contribution < -0.4 is 21.1 Å². The number of carbonyl (C=O) groups excluding carboxylic acids is 1. The highest BCUT2D eigenvalue weighted by atomic mass is 16.5. The van der Waals surface area contributed by atoms with Crippen LogP contribution in [0.5, 0.6) is 5.75 Å². The summed E-state index contributed by atoms with van der Waals surface area (Å²) in [4.78, 5) is 28.7. The molecule has 9 nitrogen and oxygen atoms in total. The third kappa shape index (κ3) is 4.16. The summed E-state index contributed by atoms with van der Waals surface area (Å²) >= 11 is 0. The number of fused-ring (bicyclic) bond motifs is 3. The predicted molar refractivity (Wildman–Crippen MR) is 132 cm³/mol. The van der Waals surface area contributed by atoms with Crippen molar-refractivity contribution in [1.29, 1.82) is 0 Å². The van der Waals surface area contributed by atoms with Crippen LogP contribution in [0.3, 0.4) is 0 Å². The average molecular weight is 468 g/mol. The largest absolute Gasteiger partial charge is 0.489 e. The molecule has 1 amide bonds. The van der Waals surface area contributed by atoms with Crippen LogP contribution in [0.4, 0.5) is 17.5 Å². The Kier molecular flexibility index (Phi) is 5.29. The predicted octanol–water partition coefficient (Wildman–Crippen LogP) is 3.72. The van der Waals surface area contributed by atoms with Crippen LogP contribution in [0.1, 0.15) is 12.0 Å². The van der Waals surface area contributed by atoms with Crippen molar-refractivity contribution in [3.05, 3.63) is 78.8 Å². The van der Waals surface area contributed by atoms with Crippen LogP contribution in [0.2, 0.25) is 0 Å². The summed E-state index contributed by atoms with van der Waals surface area (Å²) < 4.78 is 5.92. The lowest BCUT2D eigenvalue weighted by Gasteiger charge is -2.28. The fourth-order valence-corrected chi connectivity index (χ4v) is 5.12. The molecule has 1 saturated carbocycles. The first-order valence-electron chi connectivity index (χ1n) is 11.6. The zero-order valence-electron chi connectivity index (χ0n) is 18.9. The molecule has 1 aromatic carbocycles. The Morgan fingerprint density at radius 2 is 2.06 bits per heavy atom. The maximum Gasteiger partial charge on any atom is 0.223 e. The summed E-state index contributed by atoms with van der Waals surface area (Å²) in [7, 11) is 0. The van der Waals surface area contributed by atoms with Crippen molar-refractivity contribution in [3.8, 4) is 17.1 Å². The molecule has 2 aliphatic carbocycles. The Morgan fingerprint density at radius 1 is 1.14 bits per heavy atom. The zero-order chi connectivity index (χ0) is 23.8. The van der Waals surface area contributed by atoms with Crippen molar-refractivity contribution in [3.63, 3.8) is 0 Å². The van der Waals surface area contributed by atoms with Gasteiger partial charge in [0.1, 0.15) is 24.0 Å². The van der Waals surface area contributed by atoms with E-state index in [4.69, 9.17) is 15.5 Å². The van der Waals surface area contributed by atoms with Gasteiger partial charge in [0, 0.05) is 41.9 Å². The summed E-state index contributed by atoms with van der Waals surface area (Å²) in [6.07, 6.45) is 10.5. The number of aromatic nitrogens is 4. The van der Waals surface area contributed by atoms with Gasteiger partial charge in [-0.25, -0.2) is 4.98 Å². The molecule has 35 heavy (non-hydrogen) atoms. The average Bonchev–Trinajstić information content (AvgIpc) is 3.60. The molecule has 5 N–H and O–H groups in total. The number of pyridine rings is 1. The number of nitrogens with one attached hydrogen (secondary N) is 3. The van der Waals surface area contributed by atoms with Gasteiger partial charge in [-0.15, -0.1) is 0 Å². The molecule has 4 unspecified atom stereocenters. The number of aromatic amines is 1. The fraction of sp³-hybridized carbons (Fsp3) is 0.231. The highest BCUT2D eigenvalue weighted by Gasteiger charge is 2.47. The van der Waals surface area contributed by atoms with Crippen molar-refractivity contribution in [2.75, 3.05) is 10.6 Å². The second kappa shape index (κ2) is 8.75. The number of nitrogens with two attached hydrogens (primary N) is 1. The Hall–Kier alpha value is -4.40. The number of carbonyl (C=O) groups is 1. The van der Waals surface area contributed by atoms with Crippen molar-refractivity contribution in [2.45, 2.75) is 19.1 Å². The summed E-state index contributed by atoms with van der Waals surface area (Å²) in [6, 6.07) is 13.3. The van der Waals surface area contributed by atoms with Gasteiger partial charge in [-0.2, -0.15) is 4.98 Å². The standard InChI is InChI=1S/C26H25N7O2/c27-23(34)21-16-6-7-17(11-16)22(21)31-25-20-8-10-29-24(20)32-26(33-25)30-18-4-1-5-19(12-18)35-14-15-3-2-9-28-13-15/h1-10,12-13,16-17,21-22H,11,14H2,(H2,27,34)(H3,29,30,31,32,33). The number of ether oxygens (including phenoxy) is 1. The van der Waals surface area contributed by atoms with Crippen LogP contribution in [-0.2, 0) is 11.4 Å². The number of benzene rings is 1. The van der Waals surface area contributed by atoms with Crippen molar-refractivity contribution >= 4 is 23.4 Å². The van der Waals surface area contributed by atoms with Crippen LogP contribution >= 0.6 is 0 Å². The first kappa shape index (κ1) is 21.2. The minimum Gasteiger partial charge on any atom is -0.489 e. The molecule has 0 radical (unpaired) electrons. The van der Waals surface area contributed by atoms with Crippen molar-refractivity contribution in [2.24, 2.45) is 23.5 Å². The lowest BCUT2D eigenvalue weighted by atomic mass is 9.88. The molecule has 4 aliphatic rings. The number of rotatable bonds is 8. The lowest BCUT2D eigenvalue weighted by Crippen LogP contribution is -2.41. The minimum atomic E-state index is -0.278. The SMILES string of the molecule is NC(=O)C1C2C=CC(C2)C1Nc1nc(Nc2cccc(OCc3cccnc3)c2)[nH]c2nccc1-2. The molecule has 0 spiro atoms. The molecule has 0 saturated heterocycles. The summed E-state index contributed by atoms with van der Waals surface area (Å²) in [6.45, 7) is 0.429. The topological polar surface area (TPSA) is 131 Å². The zero-order valence-corrected chi connectivity index (χ0v) is 18.9. The number of anilines is 3. The van der Waals surface area contributed by atoms with Gasteiger partial charge in [-0.1, -0.05) is 24.3 Å². The minimum absolute atomic E-state index is 0.0902. The summed E-state index contributed by atoms with van der Waals surface area (Å²) in [5.41, 5.74) is 8.42. The number of hydrogen-bond acceptors (Lipinski definition) is 7. The Bertz CT molecular complexity index is 1350. The second-order valence-electron chi connectivity index (χ2n) is 8.99. The molecule has 3 heterocycles. The molecular formula is C26H25N7O2. The van der Waals surface area contributed by atoms with E-state index in [9.17, 15) is 4.79 Å². The number of amides is 1. The van der Waals surface area contributed by atoms with Gasteiger partial charge in [-0.05, 0) is 42.5 Å². The van der Waals surface area contributed by atoms with E-state index in [-0.39, 0.29) is 29.7 Å². The molecule has 2 aliphatic heterocycles. The molecule has 2 bridgehead atoms. The van der Waals surface area contributed by atoms with E-state index in [1.54, 1.807) is 18.6 Å². The molecule has 6 rings (SSSR count). The van der Waals surface area contributed by atoms with E-state index >= 15 is 0 Å². The third-order valence-corrected chi connectivity index (χ3v) is 6.73. The van der Waals surface area contributed by atoms with Gasteiger partial charge in [0.15, 0.2) is 0 Å². The van der Waals surface area contributed by atoms with Gasteiger partial charge >= 0.3 is 0 Å². The van der Waals surface area contributed by atoms with Crippen LogP contribution in [0.15, 0.2) is 73.2 Å². The van der Waals surface area contributed by atoms with E-state index in [0.29, 0.717) is 24.2 Å². The maximum atomic E-state index is 12.2. The monoisotopic (exact) mass is 467 g/mol. The quantitative estimate of drug-likeness (QED) is 0.291. The molecule has 4 atom stereocenters. The lowest BCUT2D eigenvalue weighted by molar-refractivity contribution is -0.122. The van der Waals surface area contributed by atoms with Gasteiger partial charge in [-0.3, -0.25) is 9.78 Å². The molecule has 1 fully saturated rings. The van der Waals surface area contributed by atoms with Crippen LogP contribution in [0, 0.1) is 17.8 Å². The van der Waals surface area contributed by atoms with Gasteiger partial charge in [0.05, 0.1) is 11.5 Å². The normalized spacial score (nSPS) is 22.4. The third-order valence-electron chi connectivity index (χ3n) is 6.73. The number of allylic oxidation sites excluding steroid dienone is 1. The van der Waals surface area contributed by atoms with E-state index in [2.05, 4.69) is 37.7 Å². The number of H-pyrrole nitrogens is 1. The summed E-state index contributed by atoms with van der Waals surface area (Å²) in [5.74, 6) is 2.53. The smallest absolute Gasteiger partial charge is 0.223 e. The molecule has 1 aromatic heterocycles.